The summed E-state index contributed by atoms with van der Waals surface area (Å²) in [5.74, 6) is -0.474. The summed E-state index contributed by atoms with van der Waals surface area (Å²) >= 11 is 11.0. The lowest BCUT2D eigenvalue weighted by molar-refractivity contribution is -0.697. The van der Waals surface area contributed by atoms with Crippen molar-refractivity contribution >= 4 is 34.8 Å². The number of hydrogen-bond acceptors (Lipinski definition) is 2. The van der Waals surface area contributed by atoms with Crippen LogP contribution in [0.25, 0.3) is 0 Å². The number of hydrazine groups is 1. The van der Waals surface area contributed by atoms with Gasteiger partial charge < -0.3 is 0 Å². The molecule has 2 aromatic rings. The number of alkyl halides is 2. The van der Waals surface area contributed by atoms with Gasteiger partial charge in [-0.2, -0.15) is 0 Å². The highest BCUT2D eigenvalue weighted by Crippen LogP contribution is 2.16. The second kappa shape index (κ2) is 8.61. The Kier molecular flexibility index (Phi) is 6.49. The summed E-state index contributed by atoms with van der Waals surface area (Å²) in [7, 11) is 0. The van der Waals surface area contributed by atoms with E-state index in [4.69, 9.17) is 23.2 Å². The van der Waals surface area contributed by atoms with E-state index in [9.17, 15) is 4.79 Å². The van der Waals surface area contributed by atoms with Crippen molar-refractivity contribution in [3.63, 3.8) is 0 Å². The minimum absolute atomic E-state index is 0.474. The van der Waals surface area contributed by atoms with Crippen molar-refractivity contribution in [2.24, 2.45) is 0 Å². The highest BCUT2D eigenvalue weighted by Gasteiger charge is 2.11. The number of pyridine rings is 1. The molecule has 0 spiro atoms. The van der Waals surface area contributed by atoms with Crippen LogP contribution in [-0.2, 0) is 17.8 Å². The first-order valence-corrected chi connectivity index (χ1v) is 7.90. The third kappa shape index (κ3) is 5.20. The Morgan fingerprint density at radius 1 is 1.09 bits per heavy atom. The first-order chi connectivity index (χ1) is 10.7. The molecule has 0 unspecified atom stereocenters. The van der Waals surface area contributed by atoms with Gasteiger partial charge >= 0.3 is 0 Å². The zero-order chi connectivity index (χ0) is 15.8. The van der Waals surface area contributed by atoms with Crippen molar-refractivity contribution in [2.75, 3.05) is 5.43 Å². The molecule has 6 heteroatoms. The number of hydrogen-bond donors (Lipinski definition) is 2. The fraction of sp³-hybridized carbons (Fsp3) is 0.250. The Hall–Kier alpha value is -1.78. The minimum Gasteiger partial charge on any atom is -0.298 e. The van der Waals surface area contributed by atoms with Crippen molar-refractivity contribution in [3.05, 3.63) is 60.4 Å². The number of nitrogens with one attached hydrogen (secondary N) is 2. The normalized spacial score (nSPS) is 10.5. The van der Waals surface area contributed by atoms with Crippen LogP contribution in [0.2, 0.25) is 0 Å². The van der Waals surface area contributed by atoms with E-state index in [1.54, 1.807) is 0 Å². The first-order valence-electron chi connectivity index (χ1n) is 7.03. The molecule has 0 radical (unpaired) electrons. The van der Waals surface area contributed by atoms with Crippen LogP contribution in [0.1, 0.15) is 12.0 Å². The third-order valence-corrected chi connectivity index (χ3v) is 3.57. The van der Waals surface area contributed by atoms with E-state index < -0.39 is 10.7 Å². The van der Waals surface area contributed by atoms with E-state index in [-0.39, 0.29) is 0 Å². The Bertz CT molecular complexity index is 605. The zero-order valence-electron chi connectivity index (χ0n) is 12.0. The summed E-state index contributed by atoms with van der Waals surface area (Å²) in [5, 5.41) is 0. The smallest absolute Gasteiger partial charge is 0.271 e. The molecule has 1 heterocycles. The van der Waals surface area contributed by atoms with Crippen LogP contribution in [0.15, 0.2) is 54.9 Å². The molecule has 0 saturated heterocycles. The fourth-order valence-electron chi connectivity index (χ4n) is 2.08. The molecule has 0 aliphatic carbocycles. The van der Waals surface area contributed by atoms with E-state index >= 15 is 0 Å². The van der Waals surface area contributed by atoms with Crippen LogP contribution in [0.5, 0.6) is 0 Å². The molecular formula is C16H18Cl2N3O+. The van der Waals surface area contributed by atoms with E-state index in [1.165, 1.54) is 0 Å². The molecule has 22 heavy (non-hydrogen) atoms. The summed E-state index contributed by atoms with van der Waals surface area (Å²) in [6.07, 6.45) is 5.98. The van der Waals surface area contributed by atoms with Crippen molar-refractivity contribution in [3.8, 4) is 0 Å². The number of amides is 1. The number of aromatic nitrogens is 1. The predicted molar refractivity (Wildman–Crippen MR) is 88.7 cm³/mol. The molecule has 0 fully saturated rings. The molecule has 116 valence electrons. The van der Waals surface area contributed by atoms with Gasteiger partial charge in [0.2, 0.25) is 0 Å². The van der Waals surface area contributed by atoms with Crippen LogP contribution in [-0.4, -0.2) is 10.7 Å². The summed E-state index contributed by atoms with van der Waals surface area (Å²) in [6, 6.07) is 13.8. The van der Waals surface area contributed by atoms with Crippen molar-refractivity contribution < 1.29 is 9.36 Å². The maximum Gasteiger partial charge on any atom is 0.271 e. The lowest BCUT2D eigenvalue weighted by Crippen LogP contribution is -2.34. The summed E-state index contributed by atoms with van der Waals surface area (Å²) < 4.78 is 2.14. The Morgan fingerprint density at radius 2 is 1.82 bits per heavy atom. The van der Waals surface area contributed by atoms with Gasteiger partial charge in [-0.25, -0.2) is 4.57 Å². The van der Waals surface area contributed by atoms with Gasteiger partial charge in [-0.3, -0.25) is 15.6 Å². The Balaban J connectivity index is 1.89. The second-order valence-electron chi connectivity index (χ2n) is 4.79. The number of para-hydroxylation sites is 1. The average molecular weight is 339 g/mol. The molecule has 0 aliphatic rings. The summed E-state index contributed by atoms with van der Waals surface area (Å²) in [5.41, 5.74) is 7.33. The fourth-order valence-corrected chi connectivity index (χ4v) is 2.19. The Labute approximate surface area is 140 Å². The lowest BCUT2D eigenvalue weighted by atomic mass is 10.1. The van der Waals surface area contributed by atoms with Gasteiger partial charge in [0.25, 0.3) is 5.91 Å². The molecule has 1 amide bonds. The van der Waals surface area contributed by atoms with Crippen LogP contribution in [0, 0.1) is 0 Å². The minimum atomic E-state index is -1.09. The van der Waals surface area contributed by atoms with E-state index in [2.05, 4.69) is 15.4 Å². The molecule has 0 aliphatic heterocycles. The molecule has 2 rings (SSSR count). The average Bonchev–Trinajstić information content (AvgIpc) is 2.54. The van der Waals surface area contributed by atoms with Gasteiger partial charge in [0, 0.05) is 18.6 Å². The number of carbonyl (C=O) groups excluding carboxylic acids is 1. The van der Waals surface area contributed by atoms with Crippen LogP contribution in [0.4, 0.5) is 5.69 Å². The molecule has 1 aromatic heterocycles. The molecule has 0 saturated carbocycles. The number of nitrogens with zero attached hydrogens (tertiary/aromatic N) is 1. The van der Waals surface area contributed by atoms with E-state index in [0.29, 0.717) is 0 Å². The van der Waals surface area contributed by atoms with E-state index in [0.717, 1.165) is 30.6 Å². The molecule has 0 atom stereocenters. The first kappa shape index (κ1) is 16.6. The van der Waals surface area contributed by atoms with Gasteiger partial charge in [-0.05, 0) is 18.1 Å². The molecule has 2 N–H and O–H groups in total. The summed E-state index contributed by atoms with van der Waals surface area (Å²) in [6.45, 7) is 0.937. The molecule has 4 nitrogen and oxygen atoms in total. The highest BCUT2D eigenvalue weighted by molar-refractivity contribution is 6.53. The topological polar surface area (TPSA) is 45.0 Å². The Morgan fingerprint density at radius 3 is 2.55 bits per heavy atom. The number of carbonyl (C=O) groups is 1. The van der Waals surface area contributed by atoms with Gasteiger partial charge in [-0.15, -0.1) is 0 Å². The van der Waals surface area contributed by atoms with Crippen LogP contribution < -0.4 is 15.4 Å². The van der Waals surface area contributed by atoms with Gasteiger partial charge in [-0.1, -0.05) is 47.5 Å². The zero-order valence-corrected chi connectivity index (χ0v) is 13.5. The molecule has 0 bridgehead atoms. The number of anilines is 1. The SMILES string of the molecule is O=C(NNc1ccccc1CCC[n+]1ccccc1)C(Cl)Cl. The highest BCUT2D eigenvalue weighted by atomic mass is 35.5. The van der Waals surface area contributed by atoms with Crippen LogP contribution >= 0.6 is 23.2 Å². The standard InChI is InChI=1S/C16H17Cl2N3O/c17-15(18)16(22)20-19-14-9-3-2-7-13(14)8-6-12-21-10-4-1-5-11-21/h1-5,7,9-11,15,19H,6,8,12H2/p+1. The maximum atomic E-state index is 11.4. The van der Waals surface area contributed by atoms with Crippen molar-refractivity contribution in [2.45, 2.75) is 24.2 Å². The largest absolute Gasteiger partial charge is 0.298 e. The van der Waals surface area contributed by atoms with Crippen LogP contribution in [0.3, 0.4) is 0 Å². The third-order valence-electron chi connectivity index (χ3n) is 3.18. The number of benzene rings is 1. The predicted octanol–water partition coefficient (Wildman–Crippen LogP) is 2.85. The van der Waals surface area contributed by atoms with Gasteiger partial charge in [0.15, 0.2) is 17.2 Å². The van der Waals surface area contributed by atoms with Crippen molar-refractivity contribution in [1.82, 2.24) is 5.43 Å². The number of aryl methyl sites for hydroxylation is 2. The lowest BCUT2D eigenvalue weighted by Gasteiger charge is -2.12. The second-order valence-corrected chi connectivity index (χ2v) is 5.89. The monoisotopic (exact) mass is 338 g/mol. The summed E-state index contributed by atoms with van der Waals surface area (Å²) in [4.78, 5) is 10.3. The quantitative estimate of drug-likeness (QED) is 0.463. The van der Waals surface area contributed by atoms with Gasteiger partial charge in [0.05, 0.1) is 5.69 Å². The van der Waals surface area contributed by atoms with Crippen molar-refractivity contribution in [1.29, 1.82) is 0 Å². The van der Waals surface area contributed by atoms with E-state index in [1.807, 2.05) is 54.9 Å². The molecule has 1 aromatic carbocycles. The van der Waals surface area contributed by atoms with Gasteiger partial charge in [0.1, 0.15) is 6.54 Å². The number of halogens is 2. The molecular weight excluding hydrogens is 321 g/mol. The number of rotatable bonds is 7. The maximum absolute atomic E-state index is 11.4.